The van der Waals surface area contributed by atoms with E-state index in [1.54, 1.807) is 19.6 Å². The molecule has 23 heteroatoms. The molecule has 1 atom stereocenters. The van der Waals surface area contributed by atoms with E-state index in [0.717, 1.165) is 19.6 Å². The van der Waals surface area contributed by atoms with Crippen LogP contribution in [0.3, 0.4) is 0 Å². The van der Waals surface area contributed by atoms with Crippen molar-refractivity contribution in [3.63, 3.8) is 0 Å². The number of amides is 5. The third kappa shape index (κ3) is 20.4. The van der Waals surface area contributed by atoms with Crippen LogP contribution in [0.4, 0.5) is 0 Å². The number of rotatable bonds is 22. The van der Waals surface area contributed by atoms with Crippen LogP contribution in [0.15, 0.2) is 0 Å². The van der Waals surface area contributed by atoms with Crippen molar-refractivity contribution in [1.82, 2.24) is 49.4 Å². The van der Waals surface area contributed by atoms with Gasteiger partial charge in [-0.3, -0.25) is 68.1 Å². The normalized spacial score (nSPS) is 15.5. The lowest BCUT2D eigenvalue weighted by molar-refractivity contribution is -0.145. The van der Waals surface area contributed by atoms with Crippen molar-refractivity contribution in [3.8, 4) is 0 Å². The van der Waals surface area contributed by atoms with Gasteiger partial charge in [0.2, 0.25) is 29.5 Å². The molecular weight excluding hydrogens is 768 g/mol. The Hall–Kier alpha value is -5.10. The summed E-state index contributed by atoms with van der Waals surface area (Å²) in [7, 11) is 6.93. The predicted octanol–water partition coefficient (Wildman–Crippen LogP) is -5.15. The highest BCUT2D eigenvalue weighted by molar-refractivity contribution is 5.91. The molecule has 1 heterocycles. The molecule has 0 radical (unpaired) electrons. The third-order valence-electron chi connectivity index (χ3n) is 9.24. The SMILES string of the molecule is CC(=O)CN(C)C(=O)CN(C)C(=O)CN(C)C(=O)CN(C)C(=O)CN(C)C(=O)CCNC(C=O)N1CCN(CC(=O)O)CCN(CC(=O)O)CCN(CC(=O)O)CC1. The molecule has 23 nitrogen and oxygen atoms in total. The minimum atomic E-state index is -1.09. The van der Waals surface area contributed by atoms with Gasteiger partial charge in [-0.1, -0.05) is 0 Å². The van der Waals surface area contributed by atoms with E-state index in [2.05, 4.69) is 5.32 Å². The van der Waals surface area contributed by atoms with Crippen molar-refractivity contribution in [2.24, 2.45) is 0 Å². The van der Waals surface area contributed by atoms with Crippen LogP contribution in [0.25, 0.3) is 0 Å². The zero-order valence-corrected chi connectivity index (χ0v) is 34.3. The Labute approximate surface area is 338 Å². The van der Waals surface area contributed by atoms with Crippen LogP contribution in [-0.4, -0.2) is 272 Å². The van der Waals surface area contributed by atoms with Gasteiger partial charge in [0.15, 0.2) is 6.29 Å². The highest BCUT2D eigenvalue weighted by Crippen LogP contribution is 2.05. The Bertz CT molecular complexity index is 1440. The van der Waals surface area contributed by atoms with Crippen molar-refractivity contribution in [2.75, 3.05) is 146 Å². The number of aldehydes is 1. The number of likely N-dealkylation sites (N-methyl/N-ethyl adjacent to an activating group) is 5. The summed E-state index contributed by atoms with van der Waals surface area (Å²) in [6.45, 7) is 0.354. The Balaban J connectivity index is 2.79. The van der Waals surface area contributed by atoms with Gasteiger partial charge in [-0.25, -0.2) is 0 Å². The average molecular weight is 829 g/mol. The predicted molar refractivity (Wildman–Crippen MR) is 205 cm³/mol. The van der Waals surface area contributed by atoms with E-state index in [-0.39, 0.29) is 117 Å². The number of carboxylic acids is 3. The van der Waals surface area contributed by atoms with Gasteiger partial charge in [-0.15, -0.1) is 0 Å². The molecule has 0 saturated carbocycles. The van der Waals surface area contributed by atoms with Crippen LogP contribution in [0.1, 0.15) is 13.3 Å². The number of Topliss-reactive ketones (excluding diaryl/α,β-unsaturated/α-hetero) is 1. The van der Waals surface area contributed by atoms with E-state index in [1.807, 2.05) is 0 Å². The summed E-state index contributed by atoms with van der Waals surface area (Å²) in [6.07, 6.45) is -0.463. The maximum absolute atomic E-state index is 13.0. The van der Waals surface area contributed by atoms with E-state index in [4.69, 9.17) is 0 Å². The number of aliphatic carboxylic acids is 3. The summed E-state index contributed by atoms with van der Waals surface area (Å²) in [4.78, 5) is 134. The van der Waals surface area contributed by atoms with Gasteiger partial charge in [-0.05, 0) is 6.92 Å². The Morgan fingerprint density at radius 2 is 0.810 bits per heavy atom. The quantitative estimate of drug-likeness (QED) is 0.0743. The molecule has 1 saturated heterocycles. The molecule has 0 bridgehead atoms. The number of hydrogen-bond donors (Lipinski definition) is 4. The van der Waals surface area contributed by atoms with Crippen molar-refractivity contribution < 1.29 is 63.3 Å². The van der Waals surface area contributed by atoms with Crippen molar-refractivity contribution >= 4 is 59.5 Å². The molecule has 328 valence electrons. The lowest BCUT2D eigenvalue weighted by Crippen LogP contribution is -2.54. The molecule has 4 N–H and O–H groups in total. The third-order valence-corrected chi connectivity index (χ3v) is 9.24. The summed E-state index contributed by atoms with van der Waals surface area (Å²) in [5.41, 5.74) is 0. The van der Waals surface area contributed by atoms with Crippen LogP contribution < -0.4 is 5.32 Å². The standard InChI is InChI=1S/C35H60N10O13/c1-26(47)17-37(2)29(49)19-39(4)31(51)21-41(6)32(52)20-40(5)30(50)18-38(3)28(48)7-8-36-27(25-46)45-15-13-43(23-34(55)56)11-9-42(22-33(53)54)10-12-44(14-16-45)24-35(57)58/h25,27,36H,7-24H2,1-6H3,(H,53,54)(H,55,56)(H,57,58). The molecule has 0 aliphatic carbocycles. The second-order valence-corrected chi connectivity index (χ2v) is 14.3. The number of carbonyl (C=O) groups is 10. The van der Waals surface area contributed by atoms with Crippen LogP contribution in [0, 0.1) is 0 Å². The number of nitrogens with one attached hydrogen (secondary N) is 1. The summed E-state index contributed by atoms with van der Waals surface area (Å²) in [5, 5.41) is 31.3. The topological polar surface area (TPSA) is 273 Å². The van der Waals surface area contributed by atoms with Crippen LogP contribution in [0.5, 0.6) is 0 Å². The largest absolute Gasteiger partial charge is 0.480 e. The highest BCUT2D eigenvalue weighted by Gasteiger charge is 2.26. The fourth-order valence-electron chi connectivity index (χ4n) is 5.73. The van der Waals surface area contributed by atoms with Gasteiger partial charge in [0.05, 0.1) is 52.4 Å². The van der Waals surface area contributed by atoms with Crippen molar-refractivity contribution in [2.45, 2.75) is 19.5 Å². The molecular formula is C35H60N10O13. The zero-order valence-electron chi connectivity index (χ0n) is 34.3. The average Bonchev–Trinajstić information content (AvgIpc) is 3.12. The number of hydrogen-bond acceptors (Lipinski definition) is 15. The van der Waals surface area contributed by atoms with E-state index in [1.165, 1.54) is 47.1 Å². The molecule has 0 aromatic heterocycles. The van der Waals surface area contributed by atoms with Gasteiger partial charge < -0.3 is 44.6 Å². The molecule has 5 amide bonds. The fourth-order valence-corrected chi connectivity index (χ4v) is 5.73. The molecule has 1 aliphatic heterocycles. The van der Waals surface area contributed by atoms with E-state index in [0.29, 0.717) is 6.29 Å². The summed E-state index contributed by atoms with van der Waals surface area (Å²) in [6, 6.07) is 0. The number of ketones is 1. The monoisotopic (exact) mass is 828 g/mol. The minimum Gasteiger partial charge on any atom is -0.480 e. The maximum Gasteiger partial charge on any atom is 0.317 e. The molecule has 0 spiro atoms. The number of carbonyl (C=O) groups excluding carboxylic acids is 7. The summed E-state index contributed by atoms with van der Waals surface area (Å²) >= 11 is 0. The molecule has 1 fully saturated rings. The molecule has 0 aromatic carbocycles. The Kier molecular flexibility index (Phi) is 22.8. The summed E-state index contributed by atoms with van der Waals surface area (Å²) < 4.78 is 0. The number of nitrogens with zero attached hydrogens (tertiary/aromatic N) is 9. The van der Waals surface area contributed by atoms with Gasteiger partial charge in [0.1, 0.15) is 11.9 Å². The van der Waals surface area contributed by atoms with Gasteiger partial charge in [0.25, 0.3) is 0 Å². The number of carboxylic acid groups (broad SMARTS) is 3. The smallest absolute Gasteiger partial charge is 0.317 e. The lowest BCUT2D eigenvalue weighted by atomic mass is 10.3. The van der Waals surface area contributed by atoms with E-state index >= 15 is 0 Å². The van der Waals surface area contributed by atoms with Crippen LogP contribution in [-0.2, 0) is 47.9 Å². The Morgan fingerprint density at radius 1 is 0.517 bits per heavy atom. The minimum absolute atomic E-state index is 0.000688. The zero-order chi connectivity index (χ0) is 44.1. The second kappa shape index (κ2) is 26.0. The maximum atomic E-state index is 13.0. The first kappa shape index (κ1) is 50.9. The van der Waals surface area contributed by atoms with Crippen molar-refractivity contribution in [1.29, 1.82) is 0 Å². The lowest BCUT2D eigenvalue weighted by Gasteiger charge is -2.35. The second-order valence-electron chi connectivity index (χ2n) is 14.3. The fraction of sp³-hybridized carbons (Fsp3) is 0.714. The highest BCUT2D eigenvalue weighted by atomic mass is 16.4. The van der Waals surface area contributed by atoms with Crippen LogP contribution in [0.2, 0.25) is 0 Å². The van der Waals surface area contributed by atoms with E-state index in [9.17, 15) is 63.3 Å². The first-order valence-electron chi connectivity index (χ1n) is 18.6. The molecule has 1 aliphatic rings. The van der Waals surface area contributed by atoms with Gasteiger partial charge >= 0.3 is 17.9 Å². The van der Waals surface area contributed by atoms with Gasteiger partial charge in [0, 0.05) is 101 Å². The summed E-state index contributed by atoms with van der Waals surface area (Å²) in [5.74, 6) is -6.08. The molecule has 0 aromatic rings. The molecule has 1 unspecified atom stereocenters. The Morgan fingerprint density at radius 3 is 1.10 bits per heavy atom. The first-order chi connectivity index (χ1) is 27.1. The molecule has 1 rings (SSSR count). The van der Waals surface area contributed by atoms with Gasteiger partial charge in [-0.2, -0.15) is 0 Å². The molecule has 58 heavy (non-hydrogen) atoms. The van der Waals surface area contributed by atoms with E-state index < -0.39 is 60.2 Å². The van der Waals surface area contributed by atoms with Crippen LogP contribution >= 0.6 is 0 Å². The first-order valence-corrected chi connectivity index (χ1v) is 18.6. The van der Waals surface area contributed by atoms with Crippen molar-refractivity contribution in [3.05, 3.63) is 0 Å².